The maximum atomic E-state index is 14.3. The average Bonchev–Trinajstić information content (AvgIpc) is 3.05. The predicted octanol–water partition coefficient (Wildman–Crippen LogP) is 4.52. The number of imidazole rings is 1. The molecule has 27 heavy (non-hydrogen) atoms. The molecule has 1 aliphatic heterocycles. The Morgan fingerprint density at radius 2 is 2.19 bits per heavy atom. The highest BCUT2D eigenvalue weighted by Crippen LogP contribution is 2.33. The van der Waals surface area contributed by atoms with E-state index in [0.29, 0.717) is 29.4 Å². The predicted molar refractivity (Wildman–Crippen MR) is 101 cm³/mol. The summed E-state index contributed by atoms with van der Waals surface area (Å²) in [6.07, 6.45) is 1.02. The summed E-state index contributed by atoms with van der Waals surface area (Å²) >= 11 is 4.07. The van der Waals surface area contributed by atoms with E-state index in [4.69, 9.17) is 4.74 Å². The first-order valence-electron chi connectivity index (χ1n) is 8.32. The van der Waals surface area contributed by atoms with E-state index in [1.165, 1.54) is 0 Å². The zero-order chi connectivity index (χ0) is 19.3. The Hall–Kier alpha value is -1.84. The number of fused-ring (bicyclic) bond motifs is 1. The van der Waals surface area contributed by atoms with Gasteiger partial charge in [0.15, 0.2) is 0 Å². The number of aryl methyl sites for hydroxylation is 1. The standard InChI is InChI=1S/C18H15BrF2N2O3S/c1-8-15-17(27-16(8)18(24)25)22-14(23(15)7-10-2-3-26-10)5-9-4-13(21)11(19)6-12(9)20/h4,6,10H,2-3,5,7H2,1H3,(H,24,25). The van der Waals surface area contributed by atoms with Gasteiger partial charge in [-0.15, -0.1) is 11.3 Å². The minimum absolute atomic E-state index is 0.0141. The van der Waals surface area contributed by atoms with E-state index < -0.39 is 17.6 Å². The molecule has 0 amide bonds. The molecule has 0 radical (unpaired) electrons. The van der Waals surface area contributed by atoms with Gasteiger partial charge in [-0.3, -0.25) is 0 Å². The average molecular weight is 457 g/mol. The van der Waals surface area contributed by atoms with Crippen molar-refractivity contribution in [1.82, 2.24) is 9.55 Å². The Labute approximate surface area is 165 Å². The highest BCUT2D eigenvalue weighted by atomic mass is 79.9. The number of thiophene rings is 1. The summed E-state index contributed by atoms with van der Waals surface area (Å²) in [7, 11) is 0. The van der Waals surface area contributed by atoms with Crippen LogP contribution in [0.5, 0.6) is 0 Å². The smallest absolute Gasteiger partial charge is 0.346 e. The summed E-state index contributed by atoms with van der Waals surface area (Å²) in [6, 6.07) is 2.25. The van der Waals surface area contributed by atoms with Gasteiger partial charge in [0.25, 0.3) is 0 Å². The summed E-state index contributed by atoms with van der Waals surface area (Å²) in [6.45, 7) is 2.93. The molecule has 3 heterocycles. The van der Waals surface area contributed by atoms with E-state index in [1.807, 2.05) is 4.57 Å². The van der Waals surface area contributed by atoms with Crippen LogP contribution in [-0.4, -0.2) is 33.3 Å². The van der Waals surface area contributed by atoms with Gasteiger partial charge in [0.05, 0.1) is 22.6 Å². The van der Waals surface area contributed by atoms with E-state index in [1.54, 1.807) is 6.92 Å². The second-order valence-electron chi connectivity index (χ2n) is 6.47. The van der Waals surface area contributed by atoms with Gasteiger partial charge < -0.3 is 14.4 Å². The minimum Gasteiger partial charge on any atom is -0.477 e. The van der Waals surface area contributed by atoms with Crippen LogP contribution in [0.15, 0.2) is 16.6 Å². The fraction of sp³-hybridized carbons (Fsp3) is 0.333. The lowest BCUT2D eigenvalue weighted by molar-refractivity contribution is -0.0589. The monoisotopic (exact) mass is 456 g/mol. The van der Waals surface area contributed by atoms with Gasteiger partial charge in [-0.1, -0.05) is 0 Å². The molecule has 3 aromatic rings. The number of aromatic nitrogens is 2. The summed E-state index contributed by atoms with van der Waals surface area (Å²) in [5, 5.41) is 9.37. The Balaban J connectivity index is 1.80. The quantitative estimate of drug-likeness (QED) is 0.573. The molecule has 142 valence electrons. The van der Waals surface area contributed by atoms with Gasteiger partial charge in [-0.25, -0.2) is 18.6 Å². The van der Waals surface area contributed by atoms with Crippen LogP contribution < -0.4 is 0 Å². The highest BCUT2D eigenvalue weighted by molar-refractivity contribution is 9.10. The number of benzene rings is 1. The van der Waals surface area contributed by atoms with Crippen molar-refractivity contribution < 1.29 is 23.4 Å². The lowest BCUT2D eigenvalue weighted by atomic mass is 10.1. The van der Waals surface area contributed by atoms with Crippen molar-refractivity contribution in [1.29, 1.82) is 0 Å². The van der Waals surface area contributed by atoms with Crippen LogP contribution in [0.2, 0.25) is 0 Å². The summed E-state index contributed by atoms with van der Waals surface area (Å²) in [4.78, 5) is 16.8. The molecule has 0 aliphatic carbocycles. The topological polar surface area (TPSA) is 64.3 Å². The van der Waals surface area contributed by atoms with Gasteiger partial charge >= 0.3 is 5.97 Å². The van der Waals surface area contributed by atoms with Crippen LogP contribution >= 0.6 is 27.3 Å². The number of carboxylic acids is 1. The molecule has 2 aromatic heterocycles. The van der Waals surface area contributed by atoms with Crippen LogP contribution in [0, 0.1) is 18.6 Å². The van der Waals surface area contributed by atoms with Gasteiger partial charge in [-0.05, 0) is 47.0 Å². The normalized spacial score (nSPS) is 16.7. The summed E-state index contributed by atoms with van der Waals surface area (Å²) in [5.74, 6) is -1.50. The van der Waals surface area contributed by atoms with Gasteiger partial charge in [0.1, 0.15) is 27.2 Å². The van der Waals surface area contributed by atoms with E-state index in [-0.39, 0.29) is 27.4 Å². The van der Waals surface area contributed by atoms with E-state index in [9.17, 15) is 18.7 Å². The van der Waals surface area contributed by atoms with Crippen LogP contribution in [0.25, 0.3) is 10.3 Å². The van der Waals surface area contributed by atoms with Gasteiger partial charge in [-0.2, -0.15) is 0 Å². The molecule has 4 rings (SSSR count). The first-order chi connectivity index (χ1) is 12.8. The van der Waals surface area contributed by atoms with Crippen molar-refractivity contribution in [2.45, 2.75) is 32.4 Å². The summed E-state index contributed by atoms with van der Waals surface area (Å²) in [5.41, 5.74) is 1.55. The molecule has 1 N–H and O–H groups in total. The SMILES string of the molecule is Cc1c(C(=O)O)sc2nc(Cc3cc(F)c(Br)cc3F)n(CC3CCO3)c12. The molecule has 0 bridgehead atoms. The largest absolute Gasteiger partial charge is 0.477 e. The molecule has 1 fully saturated rings. The number of carbonyl (C=O) groups is 1. The molecular weight excluding hydrogens is 442 g/mol. The molecule has 0 saturated carbocycles. The van der Waals surface area contributed by atoms with Crippen molar-refractivity contribution in [3.8, 4) is 0 Å². The van der Waals surface area contributed by atoms with E-state index in [2.05, 4.69) is 20.9 Å². The number of ether oxygens (including phenoxy) is 1. The number of hydrogen-bond donors (Lipinski definition) is 1. The second-order valence-corrected chi connectivity index (χ2v) is 8.32. The van der Waals surface area contributed by atoms with E-state index in [0.717, 1.165) is 35.4 Å². The number of nitrogens with zero attached hydrogens (tertiary/aromatic N) is 2. The number of aromatic carboxylic acids is 1. The van der Waals surface area contributed by atoms with Crippen LogP contribution in [0.1, 0.15) is 33.0 Å². The Bertz CT molecular complexity index is 1060. The van der Waals surface area contributed by atoms with Crippen LogP contribution in [-0.2, 0) is 17.7 Å². The fourth-order valence-electron chi connectivity index (χ4n) is 3.23. The number of carboxylic acid groups (broad SMARTS) is 1. The number of rotatable bonds is 5. The third-order valence-electron chi connectivity index (χ3n) is 4.72. The van der Waals surface area contributed by atoms with Crippen LogP contribution in [0.4, 0.5) is 8.78 Å². The third-order valence-corrected chi connectivity index (χ3v) is 6.49. The Kier molecular flexibility index (Phi) is 4.77. The number of hydrogen-bond acceptors (Lipinski definition) is 4. The zero-order valence-corrected chi connectivity index (χ0v) is 16.7. The molecule has 1 aromatic carbocycles. The third kappa shape index (κ3) is 3.28. The molecule has 1 aliphatic rings. The first-order valence-corrected chi connectivity index (χ1v) is 9.93. The molecule has 9 heteroatoms. The van der Waals surface area contributed by atoms with Crippen molar-refractivity contribution in [2.24, 2.45) is 0 Å². The van der Waals surface area contributed by atoms with Crippen LogP contribution in [0.3, 0.4) is 0 Å². The second kappa shape index (κ2) is 6.96. The maximum Gasteiger partial charge on any atom is 0.346 e. The van der Waals surface area contributed by atoms with Crippen molar-refractivity contribution in [3.63, 3.8) is 0 Å². The Morgan fingerprint density at radius 3 is 2.81 bits per heavy atom. The lowest BCUT2D eigenvalue weighted by Crippen LogP contribution is -2.31. The molecular formula is C18H15BrF2N2O3S. The molecule has 1 atom stereocenters. The van der Waals surface area contributed by atoms with Gasteiger partial charge in [0, 0.05) is 18.6 Å². The minimum atomic E-state index is -0.996. The van der Waals surface area contributed by atoms with Crippen molar-refractivity contribution in [2.75, 3.05) is 6.61 Å². The fourth-order valence-corrected chi connectivity index (χ4v) is 4.58. The van der Waals surface area contributed by atoms with E-state index >= 15 is 0 Å². The first kappa shape index (κ1) is 18.5. The maximum absolute atomic E-state index is 14.3. The molecule has 0 spiro atoms. The highest BCUT2D eigenvalue weighted by Gasteiger charge is 2.26. The lowest BCUT2D eigenvalue weighted by Gasteiger charge is -2.27. The Morgan fingerprint density at radius 1 is 1.44 bits per heavy atom. The molecule has 1 saturated heterocycles. The summed E-state index contributed by atoms with van der Waals surface area (Å²) < 4.78 is 35.6. The van der Waals surface area contributed by atoms with Gasteiger partial charge in [0.2, 0.25) is 0 Å². The molecule has 1 unspecified atom stereocenters. The molecule has 5 nitrogen and oxygen atoms in total. The number of halogens is 3. The van der Waals surface area contributed by atoms with Crippen molar-refractivity contribution in [3.05, 3.63) is 50.1 Å². The zero-order valence-electron chi connectivity index (χ0n) is 14.3. The van der Waals surface area contributed by atoms with Crippen molar-refractivity contribution >= 4 is 43.6 Å².